The normalized spacial score (nSPS) is 12.4. The van der Waals surface area contributed by atoms with E-state index >= 15 is 0 Å². The zero-order valence-electron chi connectivity index (χ0n) is 24.4. The highest BCUT2D eigenvalue weighted by Gasteiger charge is 2.32. The van der Waals surface area contributed by atoms with Gasteiger partial charge in [0, 0.05) is 37.0 Å². The Labute approximate surface area is 243 Å². The summed E-state index contributed by atoms with van der Waals surface area (Å²) in [4.78, 5) is 28.9. The second-order valence-electron chi connectivity index (χ2n) is 11.3. The molecule has 3 aromatic carbocycles. The van der Waals surface area contributed by atoms with E-state index in [0.29, 0.717) is 11.3 Å². The zero-order chi connectivity index (χ0) is 30.2. The number of nitrogens with one attached hydrogen (secondary N) is 1. The molecule has 0 aromatic heterocycles. The summed E-state index contributed by atoms with van der Waals surface area (Å²) in [5.74, 6) is -1.18. The highest BCUT2D eigenvalue weighted by Crippen LogP contribution is 2.22. The number of rotatable bonds is 12. The van der Waals surface area contributed by atoms with Crippen LogP contribution in [0.25, 0.3) is 0 Å². The third-order valence-electron chi connectivity index (χ3n) is 6.51. The van der Waals surface area contributed by atoms with Crippen molar-refractivity contribution in [2.45, 2.75) is 65.1 Å². The number of nitrogens with zero attached hydrogens (tertiary/aromatic N) is 2. The number of benzene rings is 3. The summed E-state index contributed by atoms with van der Waals surface area (Å²) in [6.45, 7) is 7.44. The molecule has 1 atom stereocenters. The lowest BCUT2D eigenvalue weighted by Gasteiger charge is -2.34. The third kappa shape index (κ3) is 9.70. The molecular weight excluding hydrogens is 541 g/mol. The van der Waals surface area contributed by atoms with Gasteiger partial charge in [0.05, 0.1) is 11.9 Å². The molecule has 1 N–H and O–H groups in total. The maximum Gasteiger partial charge on any atom is 0.243 e. The molecule has 0 heterocycles. The average molecular weight is 582 g/mol. The van der Waals surface area contributed by atoms with Crippen molar-refractivity contribution in [1.82, 2.24) is 10.2 Å². The highest BCUT2D eigenvalue weighted by molar-refractivity contribution is 7.92. The van der Waals surface area contributed by atoms with Crippen molar-refractivity contribution in [2.24, 2.45) is 0 Å². The molecule has 0 spiro atoms. The number of aryl methyl sites for hydroxylation is 1. The lowest BCUT2D eigenvalue weighted by atomic mass is 10.00. The van der Waals surface area contributed by atoms with Crippen LogP contribution in [0.5, 0.6) is 0 Å². The van der Waals surface area contributed by atoms with Crippen LogP contribution in [-0.2, 0) is 32.6 Å². The lowest BCUT2D eigenvalue weighted by Crippen LogP contribution is -2.54. The monoisotopic (exact) mass is 581 g/mol. The molecule has 0 aliphatic rings. The van der Waals surface area contributed by atoms with Gasteiger partial charge in [0.1, 0.15) is 11.9 Å². The summed E-state index contributed by atoms with van der Waals surface area (Å²) >= 11 is 0. The Morgan fingerprint density at radius 1 is 0.951 bits per heavy atom. The van der Waals surface area contributed by atoms with Gasteiger partial charge in [-0.1, -0.05) is 60.7 Å². The summed E-state index contributed by atoms with van der Waals surface area (Å²) in [5, 5.41) is 2.98. The van der Waals surface area contributed by atoms with Crippen LogP contribution >= 0.6 is 0 Å². The largest absolute Gasteiger partial charge is 0.350 e. The summed E-state index contributed by atoms with van der Waals surface area (Å²) in [5.41, 5.74) is 2.03. The average Bonchev–Trinajstić information content (AvgIpc) is 2.88. The SMILES string of the molecule is Cc1cccc(N(CCCC(=O)N(Cc2ccccc2F)[C@@H](Cc2ccccc2)C(=O)NC(C)(C)C)S(C)(=O)=O)c1. The number of halogens is 1. The van der Waals surface area contributed by atoms with Gasteiger partial charge < -0.3 is 10.2 Å². The van der Waals surface area contributed by atoms with Gasteiger partial charge in [-0.3, -0.25) is 13.9 Å². The first-order chi connectivity index (χ1) is 19.2. The lowest BCUT2D eigenvalue weighted by molar-refractivity contribution is -0.142. The van der Waals surface area contributed by atoms with Crippen molar-refractivity contribution in [2.75, 3.05) is 17.1 Å². The number of hydrogen-bond acceptors (Lipinski definition) is 4. The van der Waals surface area contributed by atoms with Gasteiger partial charge in [-0.2, -0.15) is 0 Å². The fourth-order valence-corrected chi connectivity index (χ4v) is 5.56. The van der Waals surface area contributed by atoms with Crippen LogP contribution in [-0.4, -0.2) is 49.5 Å². The molecule has 0 bridgehead atoms. The molecule has 0 saturated carbocycles. The van der Waals surface area contributed by atoms with Crippen LogP contribution in [0.1, 0.15) is 50.3 Å². The number of anilines is 1. The molecule has 2 amide bonds. The first-order valence-corrected chi connectivity index (χ1v) is 15.5. The topological polar surface area (TPSA) is 86.8 Å². The predicted octanol–water partition coefficient (Wildman–Crippen LogP) is 5.24. The fourth-order valence-electron chi connectivity index (χ4n) is 4.60. The van der Waals surface area contributed by atoms with Gasteiger partial charge in [0.25, 0.3) is 0 Å². The zero-order valence-corrected chi connectivity index (χ0v) is 25.2. The quantitative estimate of drug-likeness (QED) is 0.317. The molecule has 9 heteroatoms. The standard InChI is InChI=1S/C32H40FN3O4S/c1-24-13-11-17-27(21-24)36(41(5,39)40)20-12-19-30(37)35(23-26-16-9-10-18-28(26)33)29(31(38)34-32(2,3)4)22-25-14-7-6-8-15-25/h6-11,13-18,21,29H,12,19-20,22-23H2,1-5H3,(H,34,38)/t29-/m0/s1. The van der Waals surface area contributed by atoms with Crippen molar-refractivity contribution in [3.8, 4) is 0 Å². The van der Waals surface area contributed by atoms with Gasteiger partial charge in [0.15, 0.2) is 0 Å². The molecular formula is C32H40FN3O4S. The number of amides is 2. The summed E-state index contributed by atoms with van der Waals surface area (Å²) in [7, 11) is -3.60. The van der Waals surface area contributed by atoms with Crippen LogP contribution in [0.2, 0.25) is 0 Å². The van der Waals surface area contributed by atoms with E-state index in [1.54, 1.807) is 36.4 Å². The van der Waals surface area contributed by atoms with E-state index in [2.05, 4.69) is 5.32 Å². The van der Waals surface area contributed by atoms with E-state index in [0.717, 1.165) is 17.4 Å². The van der Waals surface area contributed by atoms with E-state index in [4.69, 9.17) is 0 Å². The van der Waals surface area contributed by atoms with Crippen molar-refractivity contribution in [3.05, 3.63) is 101 Å². The van der Waals surface area contributed by atoms with Crippen LogP contribution in [0.15, 0.2) is 78.9 Å². The van der Waals surface area contributed by atoms with Crippen LogP contribution < -0.4 is 9.62 Å². The van der Waals surface area contributed by atoms with Gasteiger partial charge in [-0.05, 0) is 63.4 Å². The second kappa shape index (κ2) is 13.8. The van der Waals surface area contributed by atoms with Crippen molar-refractivity contribution >= 4 is 27.5 Å². The number of carbonyl (C=O) groups excluding carboxylic acids is 2. The molecule has 3 rings (SSSR count). The minimum Gasteiger partial charge on any atom is -0.350 e. The number of carbonyl (C=O) groups is 2. The van der Waals surface area contributed by atoms with E-state index in [9.17, 15) is 22.4 Å². The van der Waals surface area contributed by atoms with E-state index in [1.165, 1.54) is 15.3 Å². The molecule has 0 unspecified atom stereocenters. The Morgan fingerprint density at radius 2 is 1.61 bits per heavy atom. The Morgan fingerprint density at radius 3 is 2.22 bits per heavy atom. The Bertz CT molecular complexity index is 1440. The summed E-state index contributed by atoms with van der Waals surface area (Å²) in [6.07, 6.45) is 1.56. The molecule has 0 aliphatic heterocycles. The molecule has 41 heavy (non-hydrogen) atoms. The molecule has 3 aromatic rings. The molecule has 0 aliphatic carbocycles. The molecule has 0 radical (unpaired) electrons. The predicted molar refractivity (Wildman–Crippen MR) is 161 cm³/mol. The van der Waals surface area contributed by atoms with Crippen LogP contribution in [0.3, 0.4) is 0 Å². The maximum atomic E-state index is 14.8. The molecule has 0 saturated heterocycles. The Hall–Kier alpha value is -3.72. The number of hydrogen-bond donors (Lipinski definition) is 1. The first kappa shape index (κ1) is 31.8. The first-order valence-electron chi connectivity index (χ1n) is 13.7. The van der Waals surface area contributed by atoms with Crippen LogP contribution in [0, 0.1) is 12.7 Å². The third-order valence-corrected chi connectivity index (χ3v) is 7.70. The maximum absolute atomic E-state index is 14.8. The van der Waals surface area contributed by atoms with Gasteiger partial charge in [-0.25, -0.2) is 12.8 Å². The Kier molecular flexibility index (Phi) is 10.7. The van der Waals surface area contributed by atoms with E-state index in [-0.39, 0.29) is 44.2 Å². The van der Waals surface area contributed by atoms with E-state index < -0.39 is 27.4 Å². The van der Waals surface area contributed by atoms with Gasteiger partial charge >= 0.3 is 0 Å². The van der Waals surface area contributed by atoms with Crippen LogP contribution in [0.4, 0.5) is 10.1 Å². The second-order valence-corrected chi connectivity index (χ2v) is 13.2. The molecule has 220 valence electrons. The van der Waals surface area contributed by atoms with Gasteiger partial charge in [0.2, 0.25) is 21.8 Å². The van der Waals surface area contributed by atoms with E-state index in [1.807, 2.05) is 64.1 Å². The highest BCUT2D eigenvalue weighted by atomic mass is 32.2. The minimum absolute atomic E-state index is 0.0274. The summed E-state index contributed by atoms with van der Waals surface area (Å²) in [6, 6.07) is 21.8. The molecule has 0 fully saturated rings. The van der Waals surface area contributed by atoms with Crippen molar-refractivity contribution in [3.63, 3.8) is 0 Å². The van der Waals surface area contributed by atoms with Gasteiger partial charge in [-0.15, -0.1) is 0 Å². The minimum atomic E-state index is -3.60. The Balaban J connectivity index is 1.91. The van der Waals surface area contributed by atoms with Crippen molar-refractivity contribution in [1.29, 1.82) is 0 Å². The number of sulfonamides is 1. The fraction of sp³-hybridized carbons (Fsp3) is 0.375. The van der Waals surface area contributed by atoms with Crippen molar-refractivity contribution < 1.29 is 22.4 Å². The smallest absolute Gasteiger partial charge is 0.243 e. The summed E-state index contributed by atoms with van der Waals surface area (Å²) < 4.78 is 41.3. The molecule has 7 nitrogen and oxygen atoms in total.